The van der Waals surface area contributed by atoms with Crippen molar-refractivity contribution in [1.82, 2.24) is 0 Å². The Balaban J connectivity index is 1.89. The molecular formula is C21H30O2. The molecule has 1 aliphatic carbocycles. The molecule has 2 heteroatoms. The molecule has 0 saturated carbocycles. The van der Waals surface area contributed by atoms with Crippen LogP contribution in [0.5, 0.6) is 0 Å². The molecule has 1 unspecified atom stereocenters. The van der Waals surface area contributed by atoms with E-state index in [4.69, 9.17) is 4.74 Å². The van der Waals surface area contributed by atoms with Gasteiger partial charge >= 0.3 is 5.97 Å². The van der Waals surface area contributed by atoms with Gasteiger partial charge in [-0.25, -0.2) is 4.79 Å². The molecule has 0 radical (unpaired) electrons. The zero-order valence-corrected chi connectivity index (χ0v) is 14.8. The Kier molecular flexibility index (Phi) is 6.88. The number of carbonyl (C=O) groups excluding carboxylic acids is 1. The van der Waals surface area contributed by atoms with Crippen molar-refractivity contribution < 1.29 is 9.53 Å². The van der Waals surface area contributed by atoms with Crippen LogP contribution in [0.1, 0.15) is 76.3 Å². The maximum absolute atomic E-state index is 11.9. The largest absolute Gasteiger partial charge is 0.460 e. The van der Waals surface area contributed by atoms with Gasteiger partial charge in [0, 0.05) is 5.57 Å². The summed E-state index contributed by atoms with van der Waals surface area (Å²) >= 11 is 0. The summed E-state index contributed by atoms with van der Waals surface area (Å²) < 4.78 is 5.29. The SMILES string of the molecule is CCCCCc1ccc(C2CC=C(C(=O)OC(C)C)CC2)cc1. The molecule has 1 aromatic rings. The van der Waals surface area contributed by atoms with Gasteiger partial charge in [-0.3, -0.25) is 0 Å². The number of rotatable bonds is 7. The van der Waals surface area contributed by atoms with E-state index >= 15 is 0 Å². The van der Waals surface area contributed by atoms with Crippen LogP contribution in [0.3, 0.4) is 0 Å². The normalized spacial score (nSPS) is 17.9. The van der Waals surface area contributed by atoms with Gasteiger partial charge in [0.25, 0.3) is 0 Å². The van der Waals surface area contributed by atoms with Gasteiger partial charge in [0.1, 0.15) is 0 Å². The third-order valence-electron chi connectivity index (χ3n) is 4.54. The molecule has 0 amide bonds. The minimum atomic E-state index is -0.135. The number of allylic oxidation sites excluding steroid dienone is 1. The standard InChI is InChI=1S/C21H30O2/c1-4-5-6-7-17-8-10-18(11-9-17)19-12-14-20(15-13-19)21(22)23-16(2)3/h8-11,14,16,19H,4-7,12-13,15H2,1-3H3. The van der Waals surface area contributed by atoms with Crippen molar-refractivity contribution in [2.75, 3.05) is 0 Å². The predicted molar refractivity (Wildman–Crippen MR) is 95.6 cm³/mol. The van der Waals surface area contributed by atoms with E-state index in [1.807, 2.05) is 13.8 Å². The molecule has 2 nitrogen and oxygen atoms in total. The number of aryl methyl sites for hydroxylation is 1. The van der Waals surface area contributed by atoms with Gasteiger partial charge in [-0.2, -0.15) is 0 Å². The summed E-state index contributed by atoms with van der Waals surface area (Å²) in [6.45, 7) is 6.03. The van der Waals surface area contributed by atoms with Crippen LogP contribution >= 0.6 is 0 Å². The van der Waals surface area contributed by atoms with Gasteiger partial charge in [-0.1, -0.05) is 50.1 Å². The van der Waals surface area contributed by atoms with Crippen LogP contribution in [0.2, 0.25) is 0 Å². The first-order chi connectivity index (χ1) is 11.1. The minimum Gasteiger partial charge on any atom is -0.460 e. The fourth-order valence-electron chi connectivity index (χ4n) is 3.15. The molecule has 23 heavy (non-hydrogen) atoms. The Morgan fingerprint density at radius 1 is 1.22 bits per heavy atom. The van der Waals surface area contributed by atoms with E-state index in [1.165, 1.54) is 36.8 Å². The Morgan fingerprint density at radius 3 is 2.52 bits per heavy atom. The molecule has 1 atom stereocenters. The van der Waals surface area contributed by atoms with Crippen LogP contribution in [-0.4, -0.2) is 12.1 Å². The lowest BCUT2D eigenvalue weighted by Gasteiger charge is -2.22. The van der Waals surface area contributed by atoms with E-state index in [0.29, 0.717) is 5.92 Å². The van der Waals surface area contributed by atoms with E-state index in [-0.39, 0.29) is 12.1 Å². The van der Waals surface area contributed by atoms with Gasteiger partial charge in [-0.15, -0.1) is 0 Å². The first-order valence-corrected chi connectivity index (χ1v) is 9.09. The van der Waals surface area contributed by atoms with Crippen molar-refractivity contribution in [3.05, 3.63) is 47.0 Å². The van der Waals surface area contributed by atoms with Crippen molar-refractivity contribution in [2.24, 2.45) is 0 Å². The molecule has 0 N–H and O–H groups in total. The predicted octanol–water partition coefficient (Wildman–Crippen LogP) is 5.56. The van der Waals surface area contributed by atoms with Gasteiger partial charge in [0.15, 0.2) is 0 Å². The van der Waals surface area contributed by atoms with Crippen LogP contribution in [0.15, 0.2) is 35.9 Å². The van der Waals surface area contributed by atoms with Crippen LogP contribution in [-0.2, 0) is 16.0 Å². The minimum absolute atomic E-state index is 0.0404. The number of hydrogen-bond donors (Lipinski definition) is 0. The lowest BCUT2D eigenvalue weighted by molar-refractivity contribution is -0.142. The van der Waals surface area contributed by atoms with Crippen LogP contribution in [0, 0.1) is 0 Å². The van der Waals surface area contributed by atoms with Crippen molar-refractivity contribution in [2.45, 2.75) is 77.7 Å². The number of esters is 1. The van der Waals surface area contributed by atoms with Crippen molar-refractivity contribution >= 4 is 5.97 Å². The van der Waals surface area contributed by atoms with E-state index in [0.717, 1.165) is 24.8 Å². The average molecular weight is 314 g/mol. The van der Waals surface area contributed by atoms with E-state index in [1.54, 1.807) is 0 Å². The summed E-state index contributed by atoms with van der Waals surface area (Å²) in [6, 6.07) is 9.10. The summed E-state index contributed by atoms with van der Waals surface area (Å²) in [5, 5.41) is 0. The summed E-state index contributed by atoms with van der Waals surface area (Å²) in [4.78, 5) is 11.9. The molecule has 0 saturated heterocycles. The van der Waals surface area contributed by atoms with E-state index < -0.39 is 0 Å². The van der Waals surface area contributed by atoms with Crippen LogP contribution in [0.25, 0.3) is 0 Å². The van der Waals surface area contributed by atoms with Crippen LogP contribution < -0.4 is 0 Å². The summed E-state index contributed by atoms with van der Waals surface area (Å²) in [5.74, 6) is 0.403. The summed E-state index contributed by atoms with van der Waals surface area (Å²) in [7, 11) is 0. The Labute approximate surface area is 140 Å². The smallest absolute Gasteiger partial charge is 0.333 e. The Morgan fingerprint density at radius 2 is 1.96 bits per heavy atom. The third kappa shape index (κ3) is 5.53. The Bertz CT molecular complexity index is 525. The Hall–Kier alpha value is -1.57. The second-order valence-electron chi connectivity index (χ2n) is 6.85. The molecule has 0 heterocycles. The highest BCUT2D eigenvalue weighted by Crippen LogP contribution is 2.32. The van der Waals surface area contributed by atoms with E-state index in [9.17, 15) is 4.79 Å². The molecule has 0 aliphatic heterocycles. The fourth-order valence-corrected chi connectivity index (χ4v) is 3.15. The van der Waals surface area contributed by atoms with Crippen molar-refractivity contribution in [3.63, 3.8) is 0 Å². The zero-order valence-electron chi connectivity index (χ0n) is 14.8. The van der Waals surface area contributed by atoms with Gasteiger partial charge < -0.3 is 4.74 Å². The van der Waals surface area contributed by atoms with Crippen LogP contribution in [0.4, 0.5) is 0 Å². The van der Waals surface area contributed by atoms with Gasteiger partial charge in [0.05, 0.1) is 6.10 Å². The third-order valence-corrected chi connectivity index (χ3v) is 4.54. The number of carbonyl (C=O) groups is 1. The summed E-state index contributed by atoms with van der Waals surface area (Å²) in [5.41, 5.74) is 3.69. The highest BCUT2D eigenvalue weighted by molar-refractivity contribution is 5.88. The monoisotopic (exact) mass is 314 g/mol. The number of hydrogen-bond acceptors (Lipinski definition) is 2. The highest BCUT2D eigenvalue weighted by Gasteiger charge is 2.21. The molecule has 2 rings (SSSR count). The lowest BCUT2D eigenvalue weighted by atomic mass is 9.84. The molecule has 1 aliphatic rings. The molecule has 0 fully saturated rings. The second kappa shape index (κ2) is 8.90. The molecule has 1 aromatic carbocycles. The van der Waals surface area contributed by atoms with Crippen molar-refractivity contribution in [3.8, 4) is 0 Å². The number of ether oxygens (including phenoxy) is 1. The first-order valence-electron chi connectivity index (χ1n) is 9.09. The number of unbranched alkanes of at least 4 members (excludes halogenated alkanes) is 2. The zero-order chi connectivity index (χ0) is 16.7. The lowest BCUT2D eigenvalue weighted by Crippen LogP contribution is -2.16. The fraction of sp³-hybridized carbons (Fsp3) is 0.571. The average Bonchev–Trinajstić information content (AvgIpc) is 2.55. The molecule has 0 bridgehead atoms. The topological polar surface area (TPSA) is 26.3 Å². The molecular weight excluding hydrogens is 284 g/mol. The quantitative estimate of drug-likeness (QED) is 0.486. The molecule has 0 aromatic heterocycles. The molecule has 126 valence electrons. The number of benzene rings is 1. The van der Waals surface area contributed by atoms with E-state index in [2.05, 4.69) is 37.3 Å². The maximum atomic E-state index is 11.9. The molecule has 0 spiro atoms. The highest BCUT2D eigenvalue weighted by atomic mass is 16.5. The van der Waals surface area contributed by atoms with Gasteiger partial charge in [-0.05, 0) is 63.0 Å². The summed E-state index contributed by atoms with van der Waals surface area (Å²) in [6.07, 6.45) is 9.89. The van der Waals surface area contributed by atoms with Gasteiger partial charge in [0.2, 0.25) is 0 Å². The van der Waals surface area contributed by atoms with Crippen molar-refractivity contribution in [1.29, 1.82) is 0 Å². The second-order valence-corrected chi connectivity index (χ2v) is 6.85. The maximum Gasteiger partial charge on any atom is 0.333 e. The first kappa shape index (κ1) is 17.8.